The van der Waals surface area contributed by atoms with Crippen LogP contribution in [-0.4, -0.2) is 40.4 Å². The van der Waals surface area contributed by atoms with Crippen LogP contribution in [0.3, 0.4) is 0 Å². The summed E-state index contributed by atoms with van der Waals surface area (Å²) < 4.78 is 41.1. The van der Waals surface area contributed by atoms with Crippen LogP contribution in [0.4, 0.5) is 4.39 Å². The smallest absolute Gasteiger partial charge is 0.189 e. The predicted molar refractivity (Wildman–Crippen MR) is 84.7 cm³/mol. The first-order valence-electron chi connectivity index (χ1n) is 6.71. The van der Waals surface area contributed by atoms with Crippen molar-refractivity contribution in [2.75, 3.05) is 20.0 Å². The number of rotatable bonds is 7. The summed E-state index contributed by atoms with van der Waals surface area (Å²) in [6, 6.07) is 3.95. The molecule has 0 saturated carbocycles. The number of sulfone groups is 1. The van der Waals surface area contributed by atoms with Gasteiger partial charge in [0.05, 0.1) is 18.9 Å². The lowest BCUT2D eigenvalue weighted by molar-refractivity contribution is 0.179. The summed E-state index contributed by atoms with van der Waals surface area (Å²) in [5.41, 5.74) is 6.75. The minimum Gasteiger partial charge on any atom is -0.383 e. The van der Waals surface area contributed by atoms with E-state index in [0.717, 1.165) is 6.26 Å². The highest BCUT2D eigenvalue weighted by molar-refractivity contribution is 7.89. The maximum absolute atomic E-state index is 13.4. The van der Waals surface area contributed by atoms with Crippen molar-refractivity contribution < 1.29 is 17.5 Å². The Kier molecular flexibility index (Phi) is 6.76. The van der Waals surface area contributed by atoms with Crippen molar-refractivity contribution in [2.24, 2.45) is 10.7 Å². The topological polar surface area (TPSA) is 93.8 Å². The molecule has 1 unspecified atom stereocenters. The molecule has 0 aromatic heterocycles. The number of nitrogens with one attached hydrogen (secondary N) is 1. The van der Waals surface area contributed by atoms with Gasteiger partial charge in [0.2, 0.25) is 0 Å². The Morgan fingerprint density at radius 2 is 2.14 bits per heavy atom. The number of hydrogen-bond donors (Lipinski definition) is 2. The third kappa shape index (κ3) is 6.86. The van der Waals surface area contributed by atoms with Crippen LogP contribution in [0.15, 0.2) is 23.2 Å². The molecule has 0 amide bonds. The molecule has 1 aromatic carbocycles. The van der Waals surface area contributed by atoms with Crippen LogP contribution < -0.4 is 11.1 Å². The molecule has 3 N–H and O–H groups in total. The van der Waals surface area contributed by atoms with Gasteiger partial charge in [0.15, 0.2) is 15.8 Å². The highest BCUT2D eigenvalue weighted by atomic mass is 32.2. The van der Waals surface area contributed by atoms with Crippen molar-refractivity contribution in [1.29, 1.82) is 0 Å². The van der Waals surface area contributed by atoms with Crippen LogP contribution in [0, 0.1) is 5.82 Å². The Morgan fingerprint density at radius 1 is 1.45 bits per heavy atom. The highest BCUT2D eigenvalue weighted by Crippen LogP contribution is 2.15. The zero-order chi connectivity index (χ0) is 16.8. The van der Waals surface area contributed by atoms with Crippen LogP contribution >= 0.6 is 0 Å². The monoisotopic (exact) mass is 331 g/mol. The molecule has 6 nitrogen and oxygen atoms in total. The Morgan fingerprint density at radius 3 is 2.73 bits per heavy atom. The normalized spacial score (nSPS) is 13.9. The molecule has 0 aliphatic heterocycles. The van der Waals surface area contributed by atoms with E-state index in [2.05, 4.69) is 10.3 Å². The van der Waals surface area contributed by atoms with Gasteiger partial charge in [-0.1, -0.05) is 6.07 Å². The van der Waals surface area contributed by atoms with Gasteiger partial charge in [0.25, 0.3) is 0 Å². The maximum atomic E-state index is 13.4. The van der Waals surface area contributed by atoms with Gasteiger partial charge in [-0.2, -0.15) is 0 Å². The van der Waals surface area contributed by atoms with E-state index in [1.807, 2.05) is 6.92 Å². The van der Waals surface area contributed by atoms with Crippen LogP contribution in [0.5, 0.6) is 0 Å². The van der Waals surface area contributed by atoms with Crippen LogP contribution in [0.1, 0.15) is 18.1 Å². The standard InChI is InChI=1S/C14H22FN3O3S/c1-10(8-21-2)18-14(16)17-7-12-6-13(15)5-4-11(12)9-22(3,19)20/h4-6,10H,7-9H2,1-3H3,(H3,16,17,18). The third-order valence-electron chi connectivity index (χ3n) is 2.82. The molecule has 22 heavy (non-hydrogen) atoms. The number of benzene rings is 1. The lowest BCUT2D eigenvalue weighted by Gasteiger charge is -2.13. The number of nitrogens with two attached hydrogens (primary N) is 1. The van der Waals surface area contributed by atoms with Crippen molar-refractivity contribution in [3.63, 3.8) is 0 Å². The molecular formula is C14H22FN3O3S. The lowest BCUT2D eigenvalue weighted by Crippen LogP contribution is -2.40. The molecule has 0 spiro atoms. The zero-order valence-electron chi connectivity index (χ0n) is 13.0. The second-order valence-electron chi connectivity index (χ2n) is 5.19. The minimum atomic E-state index is -3.21. The molecular weight excluding hydrogens is 309 g/mol. The molecule has 0 fully saturated rings. The predicted octanol–water partition coefficient (Wildman–Crippen LogP) is 0.810. The first-order chi connectivity index (χ1) is 10.2. The summed E-state index contributed by atoms with van der Waals surface area (Å²) in [6.07, 6.45) is 1.13. The molecule has 1 atom stereocenters. The second-order valence-corrected chi connectivity index (χ2v) is 7.33. The van der Waals surface area contributed by atoms with Crippen molar-refractivity contribution in [1.82, 2.24) is 5.32 Å². The largest absolute Gasteiger partial charge is 0.383 e. The number of aliphatic imine (C=N–C) groups is 1. The number of methoxy groups -OCH3 is 1. The van der Waals surface area contributed by atoms with Gasteiger partial charge < -0.3 is 15.8 Å². The number of halogens is 1. The third-order valence-corrected chi connectivity index (χ3v) is 3.65. The Hall–Kier alpha value is -1.67. The second kappa shape index (κ2) is 8.09. The lowest BCUT2D eigenvalue weighted by atomic mass is 10.1. The number of nitrogens with zero attached hydrogens (tertiary/aromatic N) is 1. The van der Waals surface area contributed by atoms with Crippen molar-refractivity contribution in [2.45, 2.75) is 25.3 Å². The zero-order valence-corrected chi connectivity index (χ0v) is 13.8. The van der Waals surface area contributed by atoms with E-state index in [1.54, 1.807) is 7.11 Å². The molecule has 0 aliphatic rings. The molecule has 0 saturated heterocycles. The summed E-state index contributed by atoms with van der Waals surface area (Å²) in [4.78, 5) is 4.11. The quantitative estimate of drug-likeness (QED) is 0.570. The van der Waals surface area contributed by atoms with Gasteiger partial charge in [0, 0.05) is 19.4 Å². The average molecular weight is 331 g/mol. The fraction of sp³-hybridized carbons (Fsp3) is 0.500. The van der Waals surface area contributed by atoms with E-state index in [-0.39, 0.29) is 24.3 Å². The van der Waals surface area contributed by atoms with Crippen LogP contribution in [0.25, 0.3) is 0 Å². The molecule has 124 valence electrons. The van der Waals surface area contributed by atoms with E-state index in [4.69, 9.17) is 10.5 Å². The van der Waals surface area contributed by atoms with E-state index in [9.17, 15) is 12.8 Å². The fourth-order valence-electron chi connectivity index (χ4n) is 1.93. The summed E-state index contributed by atoms with van der Waals surface area (Å²) in [6.45, 7) is 2.44. The fourth-order valence-corrected chi connectivity index (χ4v) is 2.77. The van der Waals surface area contributed by atoms with Crippen molar-refractivity contribution >= 4 is 15.8 Å². The summed E-state index contributed by atoms with van der Waals surface area (Å²) in [5, 5.41) is 2.92. The summed E-state index contributed by atoms with van der Waals surface area (Å²) in [5.74, 6) is -0.410. The molecule has 1 aromatic rings. The highest BCUT2D eigenvalue weighted by Gasteiger charge is 2.10. The molecule has 0 bridgehead atoms. The van der Waals surface area contributed by atoms with E-state index in [0.29, 0.717) is 17.7 Å². The molecule has 0 aliphatic carbocycles. The number of ether oxygens (including phenoxy) is 1. The van der Waals surface area contributed by atoms with Gasteiger partial charge in [-0.25, -0.2) is 17.8 Å². The first-order valence-corrected chi connectivity index (χ1v) is 8.77. The van der Waals surface area contributed by atoms with Crippen molar-refractivity contribution in [3.05, 3.63) is 35.1 Å². The Bertz CT molecular complexity index is 632. The molecule has 8 heteroatoms. The SMILES string of the molecule is COCC(C)NC(N)=NCc1cc(F)ccc1CS(C)(=O)=O. The Balaban J connectivity index is 2.85. The van der Waals surface area contributed by atoms with Crippen LogP contribution in [-0.2, 0) is 26.9 Å². The van der Waals surface area contributed by atoms with Gasteiger partial charge >= 0.3 is 0 Å². The minimum absolute atomic E-state index is 0.0169. The molecule has 0 heterocycles. The average Bonchev–Trinajstić information content (AvgIpc) is 2.37. The number of guanidine groups is 1. The van der Waals surface area contributed by atoms with E-state index < -0.39 is 15.7 Å². The van der Waals surface area contributed by atoms with Gasteiger partial charge in [-0.3, -0.25) is 0 Å². The molecule has 1 rings (SSSR count). The maximum Gasteiger partial charge on any atom is 0.189 e. The van der Waals surface area contributed by atoms with Crippen molar-refractivity contribution in [3.8, 4) is 0 Å². The summed E-state index contributed by atoms with van der Waals surface area (Å²) >= 11 is 0. The number of hydrogen-bond acceptors (Lipinski definition) is 4. The van der Waals surface area contributed by atoms with E-state index >= 15 is 0 Å². The first kappa shape index (κ1) is 18.4. The van der Waals surface area contributed by atoms with Gasteiger partial charge in [-0.05, 0) is 30.2 Å². The van der Waals surface area contributed by atoms with Crippen LogP contribution in [0.2, 0.25) is 0 Å². The Labute approximate surface area is 130 Å². The van der Waals surface area contributed by atoms with E-state index in [1.165, 1.54) is 18.2 Å². The van der Waals surface area contributed by atoms with Gasteiger partial charge in [-0.15, -0.1) is 0 Å². The van der Waals surface area contributed by atoms with Gasteiger partial charge in [0.1, 0.15) is 5.82 Å². The molecule has 0 radical (unpaired) electrons. The summed E-state index contributed by atoms with van der Waals surface area (Å²) in [7, 11) is -1.63.